The molecule has 8 heteroatoms. The molecule has 1 aromatic heterocycles. The van der Waals surface area contributed by atoms with Crippen LogP contribution in [0.15, 0.2) is 12.1 Å². The first-order chi connectivity index (χ1) is 14.6. The van der Waals surface area contributed by atoms with Crippen LogP contribution in [0.2, 0.25) is 10.0 Å². The topological polar surface area (TPSA) is 93.7 Å². The number of benzene rings is 1. The summed E-state index contributed by atoms with van der Waals surface area (Å²) in [7, 11) is 0. The SMILES string of the molecule is CC12CCC(C(=O)N(CCC#N)CCC#N)(c3nc4cc(Cl)c(Cl)cc4nc31)C2(C)C. The molecule has 0 aliphatic heterocycles. The van der Waals surface area contributed by atoms with E-state index in [1.54, 1.807) is 17.0 Å². The van der Waals surface area contributed by atoms with Gasteiger partial charge in [-0.3, -0.25) is 4.79 Å². The molecule has 2 aliphatic rings. The van der Waals surface area contributed by atoms with Crippen molar-refractivity contribution in [2.45, 2.75) is 57.3 Å². The quantitative estimate of drug-likeness (QED) is 0.637. The first-order valence-corrected chi connectivity index (χ1v) is 11.1. The van der Waals surface area contributed by atoms with E-state index in [9.17, 15) is 4.79 Å². The molecule has 0 N–H and O–H groups in total. The van der Waals surface area contributed by atoms with Crippen molar-refractivity contribution in [1.82, 2.24) is 14.9 Å². The third-order valence-corrected chi connectivity index (χ3v) is 8.44. The first-order valence-electron chi connectivity index (χ1n) is 10.3. The highest BCUT2D eigenvalue weighted by molar-refractivity contribution is 6.42. The highest BCUT2D eigenvalue weighted by atomic mass is 35.5. The molecular formula is C23H23Cl2N5O. The van der Waals surface area contributed by atoms with Gasteiger partial charge in [-0.2, -0.15) is 10.5 Å². The van der Waals surface area contributed by atoms with Crippen molar-refractivity contribution in [3.8, 4) is 12.1 Å². The van der Waals surface area contributed by atoms with Crippen molar-refractivity contribution in [3.05, 3.63) is 33.6 Å². The van der Waals surface area contributed by atoms with Crippen LogP contribution in [-0.4, -0.2) is 33.9 Å². The molecule has 2 aliphatic carbocycles. The Bertz CT molecular complexity index is 1160. The molecule has 6 nitrogen and oxygen atoms in total. The molecule has 1 heterocycles. The summed E-state index contributed by atoms with van der Waals surface area (Å²) in [5.41, 5.74) is 1.15. The number of nitriles is 2. The largest absolute Gasteiger partial charge is 0.340 e. The van der Waals surface area contributed by atoms with E-state index in [-0.39, 0.29) is 24.2 Å². The van der Waals surface area contributed by atoms with Gasteiger partial charge in [-0.25, -0.2) is 9.97 Å². The van der Waals surface area contributed by atoms with Gasteiger partial charge in [-0.05, 0) is 30.4 Å². The maximum absolute atomic E-state index is 14.1. The third-order valence-electron chi connectivity index (χ3n) is 7.72. The first kappa shape index (κ1) is 21.8. The van der Waals surface area contributed by atoms with Crippen molar-refractivity contribution in [2.75, 3.05) is 13.1 Å². The Balaban J connectivity index is 1.93. The lowest BCUT2D eigenvalue weighted by molar-refractivity contribution is -0.141. The molecule has 160 valence electrons. The molecule has 0 saturated heterocycles. The van der Waals surface area contributed by atoms with Crippen LogP contribution in [-0.2, 0) is 15.6 Å². The highest BCUT2D eigenvalue weighted by Gasteiger charge is 2.73. The lowest BCUT2D eigenvalue weighted by Crippen LogP contribution is -2.53. The lowest BCUT2D eigenvalue weighted by atomic mass is 9.63. The standard InChI is InChI=1S/C23H23Cl2N5O/c1-21(2)22(3)6-7-23(21,20(31)30(10-4-8-26)11-5-9-27)19-18(22)28-16-12-14(24)15(25)13-17(16)29-19/h12-13H,4-7,10-11H2,1-3H3. The van der Waals surface area contributed by atoms with Crippen molar-refractivity contribution >= 4 is 40.1 Å². The highest BCUT2D eigenvalue weighted by Crippen LogP contribution is 2.70. The van der Waals surface area contributed by atoms with Gasteiger partial charge >= 0.3 is 0 Å². The predicted molar refractivity (Wildman–Crippen MR) is 119 cm³/mol. The van der Waals surface area contributed by atoms with Crippen molar-refractivity contribution in [3.63, 3.8) is 0 Å². The van der Waals surface area contributed by atoms with E-state index in [1.807, 2.05) is 0 Å². The van der Waals surface area contributed by atoms with Gasteiger partial charge in [0, 0.05) is 18.5 Å². The average Bonchev–Trinajstić information content (AvgIpc) is 3.02. The number of fused-ring (bicyclic) bond motifs is 6. The smallest absolute Gasteiger partial charge is 0.235 e. The van der Waals surface area contributed by atoms with Gasteiger partial charge in [-0.15, -0.1) is 0 Å². The van der Waals surface area contributed by atoms with Crippen LogP contribution in [0.3, 0.4) is 0 Å². The minimum Gasteiger partial charge on any atom is -0.340 e. The number of halogens is 2. The van der Waals surface area contributed by atoms with Crippen molar-refractivity contribution in [2.24, 2.45) is 5.41 Å². The summed E-state index contributed by atoms with van der Waals surface area (Å²) in [5, 5.41) is 19.0. The Morgan fingerprint density at radius 2 is 1.52 bits per heavy atom. The number of aromatic nitrogens is 2. The Kier molecular flexibility index (Phi) is 5.16. The van der Waals surface area contributed by atoms with Crippen LogP contribution >= 0.6 is 23.2 Å². The van der Waals surface area contributed by atoms with Gasteiger partial charge in [0.05, 0.1) is 62.9 Å². The lowest BCUT2D eigenvalue weighted by Gasteiger charge is -2.42. The second kappa shape index (κ2) is 7.33. The van der Waals surface area contributed by atoms with Crippen molar-refractivity contribution < 1.29 is 4.79 Å². The van der Waals surface area contributed by atoms with E-state index in [0.29, 0.717) is 46.3 Å². The van der Waals surface area contributed by atoms with Crippen molar-refractivity contribution in [1.29, 1.82) is 10.5 Å². The summed E-state index contributed by atoms with van der Waals surface area (Å²) < 4.78 is 0. The number of hydrogen-bond acceptors (Lipinski definition) is 5. The second-order valence-electron chi connectivity index (χ2n) is 9.15. The Labute approximate surface area is 191 Å². The predicted octanol–water partition coefficient (Wildman–Crippen LogP) is 4.92. The Morgan fingerprint density at radius 3 is 2.03 bits per heavy atom. The van der Waals surface area contributed by atoms with Gasteiger partial charge in [0.15, 0.2) is 0 Å². The minimum absolute atomic E-state index is 0.0702. The molecule has 1 aromatic carbocycles. The Morgan fingerprint density at radius 1 is 1.00 bits per heavy atom. The van der Waals surface area contributed by atoms with Crippen LogP contribution < -0.4 is 0 Å². The molecule has 2 atom stereocenters. The fourth-order valence-electron chi connectivity index (χ4n) is 5.53. The van der Waals surface area contributed by atoms with Crippen LogP contribution in [0.25, 0.3) is 11.0 Å². The van der Waals surface area contributed by atoms with Gasteiger partial charge in [0.25, 0.3) is 0 Å². The monoisotopic (exact) mass is 455 g/mol. The molecule has 1 amide bonds. The summed E-state index contributed by atoms with van der Waals surface area (Å²) in [6, 6.07) is 7.63. The number of amides is 1. The molecule has 1 saturated carbocycles. The average molecular weight is 456 g/mol. The van der Waals surface area contributed by atoms with E-state index in [4.69, 9.17) is 43.7 Å². The molecule has 2 aromatic rings. The molecular weight excluding hydrogens is 433 g/mol. The van der Waals surface area contributed by atoms with Crippen LogP contribution in [0.1, 0.15) is 57.8 Å². The minimum atomic E-state index is -0.866. The summed E-state index contributed by atoms with van der Waals surface area (Å²) in [6.07, 6.45) is 1.90. The fraction of sp³-hybridized carbons (Fsp3) is 0.522. The van der Waals surface area contributed by atoms with E-state index in [2.05, 4.69) is 32.9 Å². The molecule has 2 bridgehead atoms. The summed E-state index contributed by atoms with van der Waals surface area (Å²) in [4.78, 5) is 25.6. The van der Waals surface area contributed by atoms with Crippen LogP contribution in [0.5, 0.6) is 0 Å². The van der Waals surface area contributed by atoms with E-state index < -0.39 is 10.8 Å². The maximum atomic E-state index is 14.1. The van der Waals surface area contributed by atoms with Crippen LogP contribution in [0.4, 0.5) is 0 Å². The third kappa shape index (κ3) is 2.78. The zero-order valence-corrected chi connectivity index (χ0v) is 19.3. The molecule has 2 unspecified atom stereocenters. The van der Waals surface area contributed by atoms with Gasteiger partial charge < -0.3 is 4.90 Å². The number of nitrogens with zero attached hydrogens (tertiary/aromatic N) is 5. The molecule has 1 fully saturated rings. The normalized spacial score (nSPS) is 25.1. The summed E-state index contributed by atoms with van der Waals surface area (Å²) in [5.74, 6) is -0.0702. The number of hydrogen-bond donors (Lipinski definition) is 0. The zero-order chi connectivity index (χ0) is 22.6. The van der Waals surface area contributed by atoms with Gasteiger partial charge in [-0.1, -0.05) is 44.0 Å². The summed E-state index contributed by atoms with van der Waals surface area (Å²) >= 11 is 12.4. The number of carbonyl (C=O) groups excluding carboxylic acids is 1. The molecule has 0 spiro atoms. The maximum Gasteiger partial charge on any atom is 0.235 e. The van der Waals surface area contributed by atoms with Gasteiger partial charge in [0.1, 0.15) is 0 Å². The van der Waals surface area contributed by atoms with E-state index >= 15 is 0 Å². The second-order valence-corrected chi connectivity index (χ2v) is 9.96. The number of carbonyl (C=O) groups is 1. The number of rotatable bonds is 5. The van der Waals surface area contributed by atoms with E-state index in [0.717, 1.165) is 12.1 Å². The summed E-state index contributed by atoms with van der Waals surface area (Å²) in [6.45, 7) is 6.96. The zero-order valence-electron chi connectivity index (χ0n) is 17.8. The fourth-order valence-corrected chi connectivity index (χ4v) is 5.84. The molecule has 31 heavy (non-hydrogen) atoms. The van der Waals surface area contributed by atoms with Crippen LogP contribution in [0, 0.1) is 28.1 Å². The Hall–Kier alpha value is -2.41. The van der Waals surface area contributed by atoms with Gasteiger partial charge in [0.2, 0.25) is 5.91 Å². The van der Waals surface area contributed by atoms with E-state index in [1.165, 1.54) is 0 Å². The molecule has 0 radical (unpaired) electrons. The molecule has 4 rings (SSSR count).